The van der Waals surface area contributed by atoms with E-state index in [2.05, 4.69) is 15.9 Å². The van der Waals surface area contributed by atoms with Crippen LogP contribution < -0.4 is 0 Å². The van der Waals surface area contributed by atoms with Gasteiger partial charge < -0.3 is 0 Å². The first-order valence-corrected chi connectivity index (χ1v) is 5.91. The molecule has 19 heavy (non-hydrogen) atoms. The maximum Gasteiger partial charge on any atom is 0.456 e. The highest BCUT2D eigenvalue weighted by Crippen LogP contribution is 2.46. The molecule has 0 N–H and O–H groups in total. The Balaban J connectivity index is 3.20. The first-order chi connectivity index (χ1) is 8.61. The maximum absolute atomic E-state index is 13.5. The van der Waals surface area contributed by atoms with Crippen LogP contribution in [0.1, 0.15) is 24.2 Å². The van der Waals surface area contributed by atoms with Gasteiger partial charge in [0.15, 0.2) is 6.17 Å². The summed E-state index contributed by atoms with van der Waals surface area (Å²) in [5.74, 6) is -5.42. The molecule has 0 fully saturated rings. The number of benzene rings is 1. The Morgan fingerprint density at radius 2 is 1.74 bits per heavy atom. The lowest BCUT2D eigenvalue weighted by Gasteiger charge is -2.23. The minimum atomic E-state index is -5.93. The van der Waals surface area contributed by atoms with Crippen LogP contribution in [0.15, 0.2) is 28.7 Å². The normalized spacial score (nSPS) is 14.9. The molecule has 0 amide bonds. The fourth-order valence-corrected chi connectivity index (χ4v) is 1.76. The van der Waals surface area contributed by atoms with Gasteiger partial charge in [-0.1, -0.05) is 34.1 Å². The fraction of sp³-hybridized carbons (Fsp3) is 0.333. The highest BCUT2D eigenvalue weighted by Gasteiger charge is 2.63. The zero-order valence-electron chi connectivity index (χ0n) is 9.61. The van der Waals surface area contributed by atoms with Gasteiger partial charge in [-0.15, -0.1) is 0 Å². The Bertz CT molecular complexity index is 478. The van der Waals surface area contributed by atoms with Crippen LogP contribution in [-0.2, 0) is 0 Å². The Hall–Kier alpha value is -0.980. The molecule has 1 rings (SSSR count). The number of rotatable bonds is 3. The first-order valence-electron chi connectivity index (χ1n) is 5.12. The van der Waals surface area contributed by atoms with Crippen molar-refractivity contribution in [1.82, 2.24) is 0 Å². The molecule has 0 heterocycles. The molecule has 0 nitrogen and oxygen atoms in total. The summed E-state index contributed by atoms with van der Waals surface area (Å²) in [7, 11) is 0. The van der Waals surface area contributed by atoms with E-state index in [0.717, 1.165) is 12.1 Å². The third kappa shape index (κ3) is 3.32. The summed E-state index contributed by atoms with van der Waals surface area (Å²) in [6, 6.07) is 3.07. The zero-order valence-corrected chi connectivity index (χ0v) is 11.2. The Morgan fingerprint density at radius 3 is 2.21 bits per heavy atom. The molecule has 1 aromatic rings. The molecule has 0 aromatic heterocycles. The van der Waals surface area contributed by atoms with Gasteiger partial charge in [0.05, 0.1) is 0 Å². The molecule has 0 saturated heterocycles. The smallest absolute Gasteiger partial charge is 0.235 e. The topological polar surface area (TPSA) is 0 Å². The zero-order chi connectivity index (χ0) is 14.8. The summed E-state index contributed by atoms with van der Waals surface area (Å²) in [6.07, 6.45) is -6.35. The van der Waals surface area contributed by atoms with E-state index in [1.165, 1.54) is 12.1 Å². The SMILES string of the molecule is CC=Cc1cc(C(F)C(F)(F)C(F)(F)F)ccc1Br. The molecule has 0 spiro atoms. The lowest BCUT2D eigenvalue weighted by Crippen LogP contribution is -2.40. The monoisotopic (exact) mass is 346 g/mol. The number of halogens is 7. The van der Waals surface area contributed by atoms with Crippen LogP contribution in [0, 0.1) is 0 Å². The van der Waals surface area contributed by atoms with Crippen molar-refractivity contribution >= 4 is 22.0 Å². The number of hydrogen-bond acceptors (Lipinski definition) is 0. The second-order valence-corrected chi connectivity index (χ2v) is 4.62. The van der Waals surface area contributed by atoms with Crippen molar-refractivity contribution in [2.45, 2.75) is 25.2 Å². The van der Waals surface area contributed by atoms with Crippen molar-refractivity contribution < 1.29 is 26.3 Å². The first kappa shape index (κ1) is 16.1. The number of alkyl halides is 6. The van der Waals surface area contributed by atoms with Crippen LogP contribution in [0.4, 0.5) is 26.3 Å². The van der Waals surface area contributed by atoms with Crippen LogP contribution in [0.3, 0.4) is 0 Å². The second-order valence-electron chi connectivity index (χ2n) is 3.76. The van der Waals surface area contributed by atoms with E-state index in [9.17, 15) is 26.3 Å². The molecule has 0 saturated carbocycles. The van der Waals surface area contributed by atoms with E-state index < -0.39 is 23.8 Å². The van der Waals surface area contributed by atoms with Crippen molar-refractivity contribution in [2.75, 3.05) is 0 Å². The van der Waals surface area contributed by atoms with E-state index in [0.29, 0.717) is 10.0 Å². The lowest BCUT2D eigenvalue weighted by atomic mass is 10.0. The summed E-state index contributed by atoms with van der Waals surface area (Å²) < 4.78 is 76.0. The van der Waals surface area contributed by atoms with Crippen molar-refractivity contribution in [3.63, 3.8) is 0 Å². The van der Waals surface area contributed by atoms with E-state index >= 15 is 0 Å². The third-order valence-electron chi connectivity index (χ3n) is 2.36. The summed E-state index contributed by atoms with van der Waals surface area (Å²) in [6.45, 7) is 1.64. The summed E-state index contributed by atoms with van der Waals surface area (Å²) in [5, 5.41) is 0. The van der Waals surface area contributed by atoms with Crippen molar-refractivity contribution in [3.05, 3.63) is 39.9 Å². The lowest BCUT2D eigenvalue weighted by molar-refractivity contribution is -0.305. The van der Waals surface area contributed by atoms with Gasteiger partial charge in [-0.2, -0.15) is 22.0 Å². The van der Waals surface area contributed by atoms with Gasteiger partial charge >= 0.3 is 12.1 Å². The van der Waals surface area contributed by atoms with Gasteiger partial charge in [0.1, 0.15) is 0 Å². The molecular formula is C12H9BrF6. The van der Waals surface area contributed by atoms with E-state index in [4.69, 9.17) is 0 Å². The molecule has 7 heteroatoms. The Labute approximate surface area is 114 Å². The van der Waals surface area contributed by atoms with E-state index in [1.54, 1.807) is 13.0 Å². The molecule has 0 aliphatic rings. The van der Waals surface area contributed by atoms with Crippen LogP contribution in [0.25, 0.3) is 6.08 Å². The van der Waals surface area contributed by atoms with Crippen LogP contribution in [-0.4, -0.2) is 12.1 Å². The van der Waals surface area contributed by atoms with Crippen molar-refractivity contribution in [1.29, 1.82) is 0 Å². The molecule has 1 unspecified atom stereocenters. The average Bonchev–Trinajstić information content (AvgIpc) is 2.30. The largest absolute Gasteiger partial charge is 0.456 e. The predicted octanol–water partition coefficient (Wildman–Crippen LogP) is 5.69. The second kappa shape index (κ2) is 5.56. The average molecular weight is 347 g/mol. The van der Waals surface area contributed by atoms with Gasteiger partial charge in [0, 0.05) is 4.47 Å². The van der Waals surface area contributed by atoms with Gasteiger partial charge in [-0.25, -0.2) is 4.39 Å². The third-order valence-corrected chi connectivity index (χ3v) is 3.08. The van der Waals surface area contributed by atoms with Gasteiger partial charge in [0.2, 0.25) is 0 Å². The molecular weight excluding hydrogens is 338 g/mol. The van der Waals surface area contributed by atoms with Crippen molar-refractivity contribution in [3.8, 4) is 0 Å². The molecule has 0 aliphatic carbocycles. The number of hydrogen-bond donors (Lipinski definition) is 0. The van der Waals surface area contributed by atoms with Crippen LogP contribution in [0.2, 0.25) is 0 Å². The molecule has 106 valence electrons. The number of allylic oxidation sites excluding steroid dienone is 1. The highest BCUT2D eigenvalue weighted by molar-refractivity contribution is 9.10. The van der Waals surface area contributed by atoms with Crippen LogP contribution in [0.5, 0.6) is 0 Å². The van der Waals surface area contributed by atoms with Gasteiger partial charge in [-0.3, -0.25) is 0 Å². The molecule has 1 atom stereocenters. The summed E-state index contributed by atoms with van der Waals surface area (Å²) in [4.78, 5) is 0. The highest BCUT2D eigenvalue weighted by atomic mass is 79.9. The molecule has 0 radical (unpaired) electrons. The summed E-state index contributed by atoms with van der Waals surface area (Å²) >= 11 is 3.09. The molecule has 0 bridgehead atoms. The maximum atomic E-state index is 13.5. The summed E-state index contributed by atoms with van der Waals surface area (Å²) in [5.41, 5.74) is -0.403. The molecule has 1 aromatic carbocycles. The Morgan fingerprint density at radius 1 is 1.16 bits per heavy atom. The van der Waals surface area contributed by atoms with Gasteiger partial charge in [-0.05, 0) is 30.2 Å². The van der Waals surface area contributed by atoms with E-state index in [1.807, 2.05) is 0 Å². The van der Waals surface area contributed by atoms with Crippen molar-refractivity contribution in [2.24, 2.45) is 0 Å². The van der Waals surface area contributed by atoms with Gasteiger partial charge in [0.25, 0.3) is 0 Å². The van der Waals surface area contributed by atoms with E-state index in [-0.39, 0.29) is 0 Å². The minimum Gasteiger partial charge on any atom is -0.235 e. The molecule has 0 aliphatic heterocycles. The fourth-order valence-electron chi connectivity index (χ4n) is 1.38. The Kier molecular flexibility index (Phi) is 4.71. The minimum absolute atomic E-state index is 0.320. The van der Waals surface area contributed by atoms with Crippen LogP contribution >= 0.6 is 15.9 Å². The predicted molar refractivity (Wildman–Crippen MR) is 63.7 cm³/mol. The standard InChI is InChI=1S/C12H9BrF6/c1-2-3-7-6-8(4-5-9(7)13)10(14)11(15,16)12(17,18)19/h2-6,10H,1H3. The quantitative estimate of drug-likeness (QED) is 0.616.